The smallest absolute Gasteiger partial charge is 0.264 e. The predicted octanol–water partition coefficient (Wildman–Crippen LogP) is 3.49. The van der Waals surface area contributed by atoms with Crippen molar-refractivity contribution in [2.45, 2.75) is 43.5 Å². The fourth-order valence-corrected chi connectivity index (χ4v) is 4.65. The first-order valence-corrected chi connectivity index (χ1v) is 10.3. The van der Waals surface area contributed by atoms with E-state index in [2.05, 4.69) is 5.32 Å². The molecule has 5 nitrogen and oxygen atoms in total. The van der Waals surface area contributed by atoms with Gasteiger partial charge in [-0.3, -0.25) is 9.10 Å². The minimum absolute atomic E-state index is 0.0971. The molecule has 26 heavy (non-hydrogen) atoms. The highest BCUT2D eigenvalue weighted by Crippen LogP contribution is 2.26. The summed E-state index contributed by atoms with van der Waals surface area (Å²) in [6.45, 7) is 1.82. The number of sulfonamides is 1. The van der Waals surface area contributed by atoms with Crippen LogP contribution in [0.1, 0.15) is 41.6 Å². The molecule has 1 amide bonds. The van der Waals surface area contributed by atoms with Gasteiger partial charge in [0.1, 0.15) is 0 Å². The summed E-state index contributed by atoms with van der Waals surface area (Å²) in [4.78, 5) is 12.7. The number of nitrogens with one attached hydrogen (secondary N) is 1. The maximum atomic E-state index is 12.8. The largest absolute Gasteiger partial charge is 0.349 e. The molecule has 1 fully saturated rings. The molecule has 0 heterocycles. The molecule has 0 saturated heterocycles. The van der Waals surface area contributed by atoms with Crippen LogP contribution in [0.2, 0.25) is 0 Å². The Morgan fingerprint density at radius 1 is 1.08 bits per heavy atom. The number of amides is 1. The van der Waals surface area contributed by atoms with Crippen LogP contribution in [0.25, 0.3) is 0 Å². The lowest BCUT2D eigenvalue weighted by atomic mass is 10.1. The maximum Gasteiger partial charge on any atom is 0.264 e. The van der Waals surface area contributed by atoms with Crippen molar-refractivity contribution in [3.63, 3.8) is 0 Å². The van der Waals surface area contributed by atoms with Crippen LogP contribution in [-0.4, -0.2) is 27.4 Å². The van der Waals surface area contributed by atoms with Gasteiger partial charge < -0.3 is 5.32 Å². The van der Waals surface area contributed by atoms with Gasteiger partial charge >= 0.3 is 0 Å². The lowest BCUT2D eigenvalue weighted by Gasteiger charge is -2.22. The highest BCUT2D eigenvalue weighted by atomic mass is 32.2. The number of hydrogen-bond donors (Lipinski definition) is 1. The van der Waals surface area contributed by atoms with Crippen molar-refractivity contribution < 1.29 is 13.2 Å². The fourth-order valence-electron chi connectivity index (χ4n) is 3.37. The summed E-state index contributed by atoms with van der Waals surface area (Å²) in [5.74, 6) is -0.0971. The third kappa shape index (κ3) is 3.75. The summed E-state index contributed by atoms with van der Waals surface area (Å²) in [6, 6.07) is 13.7. The van der Waals surface area contributed by atoms with Crippen LogP contribution in [0.5, 0.6) is 0 Å². The molecule has 1 N–H and O–H groups in total. The Labute approximate surface area is 155 Å². The molecule has 0 spiro atoms. The molecule has 0 atom stereocenters. The average Bonchev–Trinajstić information content (AvgIpc) is 3.14. The summed E-state index contributed by atoms with van der Waals surface area (Å²) < 4.78 is 26.8. The minimum Gasteiger partial charge on any atom is -0.349 e. The SMILES string of the molecule is Cc1cc(C(=O)NC2CCCC2)ccc1N(C)S(=O)(=O)c1ccccc1. The molecule has 0 aliphatic heterocycles. The number of nitrogens with zero attached hydrogens (tertiary/aromatic N) is 1. The van der Waals surface area contributed by atoms with Gasteiger partial charge in [-0.05, 0) is 55.7 Å². The standard InChI is InChI=1S/C20H24N2O3S/c1-15-14-16(20(23)21-17-8-6-7-9-17)12-13-19(15)22(2)26(24,25)18-10-4-3-5-11-18/h3-5,10-14,17H,6-9H2,1-2H3,(H,21,23). The first-order valence-electron chi connectivity index (χ1n) is 8.85. The van der Waals surface area contributed by atoms with E-state index in [9.17, 15) is 13.2 Å². The molecule has 0 aromatic heterocycles. The molecule has 2 aromatic rings. The van der Waals surface area contributed by atoms with E-state index < -0.39 is 10.0 Å². The van der Waals surface area contributed by atoms with Crippen molar-refractivity contribution in [1.82, 2.24) is 5.32 Å². The molecule has 6 heteroatoms. The summed E-state index contributed by atoms with van der Waals surface area (Å²) in [7, 11) is -2.10. The molecule has 1 aliphatic carbocycles. The van der Waals surface area contributed by atoms with E-state index in [4.69, 9.17) is 0 Å². The van der Waals surface area contributed by atoms with Crippen LogP contribution in [0.15, 0.2) is 53.4 Å². The summed E-state index contributed by atoms with van der Waals surface area (Å²) in [5, 5.41) is 3.06. The third-order valence-electron chi connectivity index (χ3n) is 4.89. The van der Waals surface area contributed by atoms with E-state index in [0.29, 0.717) is 11.3 Å². The molecule has 1 aliphatic rings. The van der Waals surface area contributed by atoms with Gasteiger partial charge in [-0.2, -0.15) is 0 Å². The van der Waals surface area contributed by atoms with Gasteiger partial charge in [-0.15, -0.1) is 0 Å². The van der Waals surface area contributed by atoms with Gasteiger partial charge in [0.25, 0.3) is 15.9 Å². The minimum atomic E-state index is -3.63. The second-order valence-corrected chi connectivity index (χ2v) is 8.71. The predicted molar refractivity (Wildman–Crippen MR) is 103 cm³/mol. The number of benzene rings is 2. The van der Waals surface area contributed by atoms with Gasteiger partial charge in [0.2, 0.25) is 0 Å². The van der Waals surface area contributed by atoms with Crippen LogP contribution in [0, 0.1) is 6.92 Å². The number of aryl methyl sites for hydroxylation is 1. The fraction of sp³-hybridized carbons (Fsp3) is 0.350. The van der Waals surface area contributed by atoms with Crippen molar-refractivity contribution in [3.05, 3.63) is 59.7 Å². The Kier molecular flexibility index (Phi) is 5.32. The highest BCUT2D eigenvalue weighted by Gasteiger charge is 2.23. The van der Waals surface area contributed by atoms with E-state index in [1.165, 1.54) is 11.4 Å². The van der Waals surface area contributed by atoms with Crippen molar-refractivity contribution in [1.29, 1.82) is 0 Å². The molecule has 138 valence electrons. The third-order valence-corrected chi connectivity index (χ3v) is 6.68. The summed E-state index contributed by atoms with van der Waals surface area (Å²) >= 11 is 0. The second-order valence-electron chi connectivity index (χ2n) is 6.74. The Balaban J connectivity index is 1.82. The highest BCUT2D eigenvalue weighted by molar-refractivity contribution is 7.92. The quantitative estimate of drug-likeness (QED) is 0.874. The zero-order valence-electron chi connectivity index (χ0n) is 15.1. The molecule has 0 bridgehead atoms. The summed E-state index contributed by atoms with van der Waals surface area (Å²) in [5.41, 5.74) is 1.86. The van der Waals surface area contributed by atoms with Crippen molar-refractivity contribution in [2.75, 3.05) is 11.4 Å². The van der Waals surface area contributed by atoms with E-state index in [0.717, 1.165) is 31.2 Å². The number of anilines is 1. The molecular weight excluding hydrogens is 348 g/mol. The molecule has 1 saturated carbocycles. The monoisotopic (exact) mass is 372 g/mol. The summed E-state index contributed by atoms with van der Waals surface area (Å²) in [6.07, 6.45) is 4.37. The Morgan fingerprint density at radius 2 is 1.73 bits per heavy atom. The van der Waals surface area contributed by atoms with Gasteiger partial charge in [-0.25, -0.2) is 8.42 Å². The Hall–Kier alpha value is -2.34. The van der Waals surface area contributed by atoms with Gasteiger partial charge in [-0.1, -0.05) is 31.0 Å². The molecule has 0 radical (unpaired) electrons. The second kappa shape index (κ2) is 7.50. The maximum absolute atomic E-state index is 12.8. The zero-order valence-corrected chi connectivity index (χ0v) is 15.9. The molecule has 2 aromatic carbocycles. The Morgan fingerprint density at radius 3 is 2.35 bits per heavy atom. The zero-order chi connectivity index (χ0) is 18.7. The lowest BCUT2D eigenvalue weighted by Crippen LogP contribution is -2.32. The van der Waals surface area contributed by atoms with Crippen LogP contribution < -0.4 is 9.62 Å². The van der Waals surface area contributed by atoms with Crippen LogP contribution in [0.4, 0.5) is 5.69 Å². The van der Waals surface area contributed by atoms with Crippen LogP contribution in [-0.2, 0) is 10.0 Å². The van der Waals surface area contributed by atoms with Gasteiger partial charge in [0, 0.05) is 18.7 Å². The van der Waals surface area contributed by atoms with Gasteiger partial charge in [0.15, 0.2) is 0 Å². The van der Waals surface area contributed by atoms with E-state index >= 15 is 0 Å². The number of rotatable bonds is 5. The Bertz CT molecular complexity index is 889. The van der Waals surface area contributed by atoms with Crippen molar-refractivity contribution in [2.24, 2.45) is 0 Å². The first-order chi connectivity index (χ1) is 12.4. The average molecular weight is 372 g/mol. The number of carbonyl (C=O) groups excluding carboxylic acids is 1. The molecule has 3 rings (SSSR count). The normalized spacial score (nSPS) is 15.0. The van der Waals surface area contributed by atoms with Crippen LogP contribution in [0.3, 0.4) is 0 Å². The molecule has 0 unspecified atom stereocenters. The molecular formula is C20H24N2O3S. The van der Waals surface area contributed by atoms with E-state index in [-0.39, 0.29) is 16.8 Å². The van der Waals surface area contributed by atoms with Gasteiger partial charge in [0.05, 0.1) is 10.6 Å². The van der Waals surface area contributed by atoms with Crippen molar-refractivity contribution in [3.8, 4) is 0 Å². The van der Waals surface area contributed by atoms with E-state index in [1.807, 2.05) is 6.92 Å². The van der Waals surface area contributed by atoms with Crippen molar-refractivity contribution >= 4 is 21.6 Å². The first kappa shape index (κ1) is 18.5. The number of carbonyl (C=O) groups is 1. The lowest BCUT2D eigenvalue weighted by molar-refractivity contribution is 0.0938. The van der Waals surface area contributed by atoms with Crippen LogP contribution >= 0.6 is 0 Å². The topological polar surface area (TPSA) is 66.5 Å². The number of hydrogen-bond acceptors (Lipinski definition) is 3. The van der Waals surface area contributed by atoms with E-state index in [1.54, 1.807) is 48.5 Å².